The Hall–Kier alpha value is -2.78. The van der Waals surface area contributed by atoms with Gasteiger partial charge in [0, 0.05) is 24.1 Å². The highest BCUT2D eigenvalue weighted by molar-refractivity contribution is 5.78. The van der Waals surface area contributed by atoms with Crippen molar-refractivity contribution in [2.45, 2.75) is 6.04 Å². The molecule has 9 heteroatoms. The number of ether oxygens (including phenoxy) is 1. The van der Waals surface area contributed by atoms with Crippen LogP contribution in [-0.2, 0) is 9.53 Å². The van der Waals surface area contributed by atoms with Crippen LogP contribution in [0.15, 0.2) is 39.5 Å². The predicted molar refractivity (Wildman–Crippen MR) is 79.4 cm³/mol. The molecule has 1 aromatic carbocycles. The maximum Gasteiger partial charge on any atom is 0.336 e. The molecule has 0 spiro atoms. The van der Waals surface area contributed by atoms with E-state index in [1.165, 1.54) is 24.3 Å². The maximum absolute atomic E-state index is 10.8. The Bertz CT molecular complexity index is 765. The summed E-state index contributed by atoms with van der Waals surface area (Å²) in [6.45, 7) is 1.54. The summed E-state index contributed by atoms with van der Waals surface area (Å²) in [5.41, 5.74) is -0.378. The summed E-state index contributed by atoms with van der Waals surface area (Å²) in [7, 11) is 0. The molecule has 1 fully saturated rings. The number of rotatable bonds is 2. The van der Waals surface area contributed by atoms with E-state index in [4.69, 9.17) is 14.3 Å². The molecule has 2 N–H and O–H groups in total. The molecular weight excluding hydrogens is 308 g/mol. The molecule has 0 radical (unpaired) electrons. The van der Waals surface area contributed by atoms with Gasteiger partial charge in [-0.05, 0) is 12.1 Å². The summed E-state index contributed by atoms with van der Waals surface area (Å²) in [4.78, 5) is 30.9. The SMILES string of the molecule is O=C(O)C1COCCN1.O=c1ccc2ccc([N+](=O)[O-])cc2o1. The molecule has 0 amide bonds. The molecule has 23 heavy (non-hydrogen) atoms. The lowest BCUT2D eigenvalue weighted by Crippen LogP contribution is -2.46. The lowest BCUT2D eigenvalue weighted by molar-refractivity contribution is -0.384. The Morgan fingerprint density at radius 1 is 1.35 bits per heavy atom. The Morgan fingerprint density at radius 2 is 2.09 bits per heavy atom. The van der Waals surface area contributed by atoms with E-state index in [0.29, 0.717) is 18.5 Å². The van der Waals surface area contributed by atoms with E-state index >= 15 is 0 Å². The molecule has 1 aliphatic heterocycles. The molecule has 1 aromatic heterocycles. The summed E-state index contributed by atoms with van der Waals surface area (Å²) >= 11 is 0. The first-order valence-corrected chi connectivity index (χ1v) is 6.69. The van der Waals surface area contributed by atoms with Gasteiger partial charge in [0.1, 0.15) is 11.6 Å². The number of morpholine rings is 1. The molecule has 1 saturated heterocycles. The van der Waals surface area contributed by atoms with Gasteiger partial charge in [-0.15, -0.1) is 0 Å². The van der Waals surface area contributed by atoms with Crippen LogP contribution in [0.2, 0.25) is 0 Å². The lowest BCUT2D eigenvalue weighted by Gasteiger charge is -2.19. The van der Waals surface area contributed by atoms with Crippen LogP contribution < -0.4 is 10.9 Å². The monoisotopic (exact) mass is 322 g/mol. The van der Waals surface area contributed by atoms with E-state index in [2.05, 4.69) is 5.32 Å². The van der Waals surface area contributed by atoms with Crippen LogP contribution in [0.3, 0.4) is 0 Å². The van der Waals surface area contributed by atoms with Crippen molar-refractivity contribution in [3.05, 3.63) is 50.9 Å². The van der Waals surface area contributed by atoms with Gasteiger partial charge in [0.15, 0.2) is 0 Å². The highest BCUT2D eigenvalue weighted by atomic mass is 16.6. The van der Waals surface area contributed by atoms with Gasteiger partial charge in [-0.2, -0.15) is 0 Å². The summed E-state index contributed by atoms with van der Waals surface area (Å²) in [5, 5.41) is 22.3. The molecule has 122 valence electrons. The van der Waals surface area contributed by atoms with Crippen molar-refractivity contribution >= 4 is 22.6 Å². The van der Waals surface area contributed by atoms with Gasteiger partial charge in [0.2, 0.25) is 0 Å². The minimum atomic E-state index is -0.838. The quantitative estimate of drug-likeness (QED) is 0.470. The number of nitrogens with zero attached hydrogens (tertiary/aromatic N) is 1. The van der Waals surface area contributed by atoms with Gasteiger partial charge in [-0.3, -0.25) is 14.9 Å². The standard InChI is InChI=1S/C9H5NO4.C5H9NO3/c11-9-4-2-6-1-3-7(10(12)13)5-8(6)14-9;7-5(8)4-3-9-2-1-6-4/h1-5H;4,6H,1-3H2,(H,7,8). The van der Waals surface area contributed by atoms with E-state index in [1.807, 2.05) is 0 Å². The first-order chi connectivity index (χ1) is 11.0. The highest BCUT2D eigenvalue weighted by Crippen LogP contribution is 2.18. The average molecular weight is 322 g/mol. The van der Waals surface area contributed by atoms with Gasteiger partial charge >= 0.3 is 11.6 Å². The van der Waals surface area contributed by atoms with E-state index in [9.17, 15) is 19.7 Å². The number of fused-ring (bicyclic) bond motifs is 1. The molecule has 2 aromatic rings. The Labute approximate surface area is 129 Å². The summed E-state index contributed by atoms with van der Waals surface area (Å²) < 4.78 is 9.69. The zero-order valence-electron chi connectivity index (χ0n) is 11.9. The number of nitro groups is 1. The van der Waals surface area contributed by atoms with Gasteiger partial charge < -0.3 is 19.6 Å². The van der Waals surface area contributed by atoms with Gasteiger partial charge in [-0.1, -0.05) is 0 Å². The average Bonchev–Trinajstić information content (AvgIpc) is 2.55. The third kappa shape index (κ3) is 4.59. The van der Waals surface area contributed by atoms with Crippen LogP contribution >= 0.6 is 0 Å². The zero-order chi connectivity index (χ0) is 16.8. The fourth-order valence-corrected chi connectivity index (χ4v) is 1.89. The third-order valence-electron chi connectivity index (χ3n) is 3.04. The molecule has 1 unspecified atom stereocenters. The molecule has 0 bridgehead atoms. The van der Waals surface area contributed by atoms with Crippen molar-refractivity contribution in [2.24, 2.45) is 0 Å². The van der Waals surface area contributed by atoms with E-state index in [0.717, 1.165) is 0 Å². The summed E-state index contributed by atoms with van der Waals surface area (Å²) in [6, 6.07) is 6.47. The fraction of sp³-hybridized carbons (Fsp3) is 0.286. The van der Waals surface area contributed by atoms with Crippen LogP contribution in [0.1, 0.15) is 0 Å². The molecule has 0 saturated carbocycles. The Kier molecular flexibility index (Phi) is 5.39. The first kappa shape index (κ1) is 16.6. The first-order valence-electron chi connectivity index (χ1n) is 6.69. The number of carbonyl (C=O) groups is 1. The van der Waals surface area contributed by atoms with Crippen LogP contribution in [0, 0.1) is 10.1 Å². The minimum Gasteiger partial charge on any atom is -0.480 e. The largest absolute Gasteiger partial charge is 0.480 e. The summed E-state index contributed by atoms with van der Waals surface area (Å²) in [5.74, 6) is -0.838. The summed E-state index contributed by atoms with van der Waals surface area (Å²) in [6.07, 6.45) is 0. The second kappa shape index (κ2) is 7.47. The van der Waals surface area contributed by atoms with Gasteiger partial charge in [0.25, 0.3) is 5.69 Å². The van der Waals surface area contributed by atoms with Crippen LogP contribution in [0.5, 0.6) is 0 Å². The third-order valence-corrected chi connectivity index (χ3v) is 3.04. The lowest BCUT2D eigenvalue weighted by atomic mass is 10.2. The fourth-order valence-electron chi connectivity index (χ4n) is 1.89. The number of hydrogen-bond acceptors (Lipinski definition) is 7. The molecule has 3 rings (SSSR count). The number of benzene rings is 1. The Morgan fingerprint density at radius 3 is 2.65 bits per heavy atom. The number of non-ortho nitro benzene ring substituents is 1. The topological polar surface area (TPSA) is 132 Å². The minimum absolute atomic E-state index is 0.0909. The zero-order valence-corrected chi connectivity index (χ0v) is 11.9. The normalized spacial score (nSPS) is 17.1. The van der Waals surface area contributed by atoms with Crippen LogP contribution in [0.25, 0.3) is 11.0 Å². The van der Waals surface area contributed by atoms with E-state index in [1.54, 1.807) is 6.07 Å². The number of carboxylic acid groups (broad SMARTS) is 1. The number of carboxylic acids is 1. The van der Waals surface area contributed by atoms with Crippen molar-refractivity contribution in [1.82, 2.24) is 5.32 Å². The Balaban J connectivity index is 0.000000185. The smallest absolute Gasteiger partial charge is 0.336 e. The molecule has 1 atom stereocenters. The van der Waals surface area contributed by atoms with Crippen LogP contribution in [0.4, 0.5) is 5.69 Å². The van der Waals surface area contributed by atoms with Crippen molar-refractivity contribution in [1.29, 1.82) is 0 Å². The number of aliphatic carboxylic acids is 1. The van der Waals surface area contributed by atoms with Crippen LogP contribution in [-0.4, -0.2) is 41.8 Å². The van der Waals surface area contributed by atoms with Gasteiger partial charge in [0.05, 0.1) is 24.2 Å². The number of hydrogen-bond donors (Lipinski definition) is 2. The molecule has 2 heterocycles. The second-order valence-electron chi connectivity index (χ2n) is 4.65. The van der Waals surface area contributed by atoms with E-state index < -0.39 is 22.6 Å². The molecule has 9 nitrogen and oxygen atoms in total. The van der Waals surface area contributed by atoms with Crippen molar-refractivity contribution in [2.75, 3.05) is 19.8 Å². The maximum atomic E-state index is 10.8. The van der Waals surface area contributed by atoms with Crippen molar-refractivity contribution < 1.29 is 24.0 Å². The second-order valence-corrected chi connectivity index (χ2v) is 4.65. The number of nitro benzene ring substituents is 1. The van der Waals surface area contributed by atoms with E-state index in [-0.39, 0.29) is 17.9 Å². The molecule has 1 aliphatic rings. The number of nitrogens with one attached hydrogen (secondary N) is 1. The molecular formula is C14H14N2O7. The highest BCUT2D eigenvalue weighted by Gasteiger charge is 2.19. The van der Waals surface area contributed by atoms with Crippen molar-refractivity contribution in [3.8, 4) is 0 Å². The van der Waals surface area contributed by atoms with Gasteiger partial charge in [-0.25, -0.2) is 4.79 Å². The van der Waals surface area contributed by atoms with Crippen molar-refractivity contribution in [3.63, 3.8) is 0 Å². The molecule has 0 aliphatic carbocycles. The predicted octanol–water partition coefficient (Wildman–Crippen LogP) is 0.761.